The van der Waals surface area contributed by atoms with E-state index in [9.17, 15) is 4.79 Å². The van der Waals surface area contributed by atoms with E-state index in [2.05, 4.69) is 17.3 Å². The number of hydrogen-bond donors (Lipinski definition) is 2. The van der Waals surface area contributed by atoms with Crippen LogP contribution < -0.4 is 11.1 Å². The topological polar surface area (TPSA) is 58.4 Å². The molecule has 2 rings (SSSR count). The second-order valence-corrected chi connectivity index (χ2v) is 5.29. The number of likely N-dealkylation sites (tertiary alicyclic amines) is 1. The van der Waals surface area contributed by atoms with Crippen molar-refractivity contribution in [2.24, 2.45) is 5.92 Å². The highest BCUT2D eigenvalue weighted by molar-refractivity contribution is 6.31. The minimum atomic E-state index is -0.126. The Morgan fingerprint density at radius 3 is 3.00 bits per heavy atom. The maximum absolute atomic E-state index is 12.0. The number of rotatable bonds is 3. The van der Waals surface area contributed by atoms with Gasteiger partial charge in [0, 0.05) is 23.8 Å². The molecule has 1 amide bonds. The molecular formula is C13H18ClN3O. The summed E-state index contributed by atoms with van der Waals surface area (Å²) < 4.78 is 0. The fourth-order valence-electron chi connectivity index (χ4n) is 2.27. The standard InChI is InChI=1S/C13H18ClN3O/c1-17-5-4-9(8-17)7-16-13(18)11-3-2-10(14)6-12(11)15/h2-3,6,9H,4-5,7-8,15H2,1H3,(H,16,18). The zero-order chi connectivity index (χ0) is 13.1. The van der Waals surface area contributed by atoms with Gasteiger partial charge in [-0.25, -0.2) is 0 Å². The Morgan fingerprint density at radius 1 is 1.61 bits per heavy atom. The molecule has 5 heteroatoms. The van der Waals surface area contributed by atoms with Crippen LogP contribution in [0.5, 0.6) is 0 Å². The van der Waals surface area contributed by atoms with Crippen molar-refractivity contribution in [3.05, 3.63) is 28.8 Å². The molecule has 1 aliphatic rings. The van der Waals surface area contributed by atoms with E-state index in [0.717, 1.165) is 19.5 Å². The number of amides is 1. The van der Waals surface area contributed by atoms with E-state index in [1.54, 1.807) is 18.2 Å². The van der Waals surface area contributed by atoms with Gasteiger partial charge in [-0.3, -0.25) is 4.79 Å². The van der Waals surface area contributed by atoms with Crippen molar-refractivity contribution in [2.75, 3.05) is 32.4 Å². The number of carbonyl (C=O) groups excluding carboxylic acids is 1. The highest BCUT2D eigenvalue weighted by atomic mass is 35.5. The van der Waals surface area contributed by atoms with Gasteiger partial charge in [0.2, 0.25) is 0 Å². The molecule has 1 unspecified atom stereocenters. The second kappa shape index (κ2) is 5.59. The van der Waals surface area contributed by atoms with Crippen LogP contribution in [0.3, 0.4) is 0 Å². The van der Waals surface area contributed by atoms with Crippen molar-refractivity contribution in [1.29, 1.82) is 0 Å². The van der Waals surface area contributed by atoms with E-state index in [-0.39, 0.29) is 5.91 Å². The number of nitrogens with one attached hydrogen (secondary N) is 1. The van der Waals surface area contributed by atoms with E-state index in [1.807, 2.05) is 0 Å². The van der Waals surface area contributed by atoms with Crippen molar-refractivity contribution < 1.29 is 4.79 Å². The molecule has 0 bridgehead atoms. The van der Waals surface area contributed by atoms with Crippen LogP contribution >= 0.6 is 11.6 Å². The SMILES string of the molecule is CN1CCC(CNC(=O)c2ccc(Cl)cc2N)C1. The Balaban J connectivity index is 1.91. The van der Waals surface area contributed by atoms with Crippen LogP contribution in [-0.2, 0) is 0 Å². The lowest BCUT2D eigenvalue weighted by molar-refractivity contribution is 0.0948. The van der Waals surface area contributed by atoms with Crippen LogP contribution in [0.1, 0.15) is 16.8 Å². The Bertz CT molecular complexity index is 450. The molecule has 0 spiro atoms. The third kappa shape index (κ3) is 3.15. The highest BCUT2D eigenvalue weighted by Crippen LogP contribution is 2.18. The molecule has 1 aliphatic heterocycles. The molecular weight excluding hydrogens is 250 g/mol. The number of halogens is 1. The number of nitrogens with two attached hydrogens (primary N) is 1. The molecule has 1 heterocycles. The lowest BCUT2D eigenvalue weighted by atomic mass is 10.1. The molecule has 0 radical (unpaired) electrons. The fraction of sp³-hybridized carbons (Fsp3) is 0.462. The summed E-state index contributed by atoms with van der Waals surface area (Å²) in [6, 6.07) is 4.93. The summed E-state index contributed by atoms with van der Waals surface area (Å²) in [5, 5.41) is 3.48. The first-order valence-electron chi connectivity index (χ1n) is 6.08. The first-order valence-corrected chi connectivity index (χ1v) is 6.46. The first-order chi connectivity index (χ1) is 8.56. The first kappa shape index (κ1) is 13.2. The van der Waals surface area contributed by atoms with Gasteiger partial charge < -0.3 is 16.0 Å². The Morgan fingerprint density at radius 2 is 2.39 bits per heavy atom. The number of benzene rings is 1. The van der Waals surface area contributed by atoms with Crippen LogP contribution in [0.4, 0.5) is 5.69 Å². The summed E-state index contributed by atoms with van der Waals surface area (Å²) in [7, 11) is 2.10. The van der Waals surface area contributed by atoms with Crippen LogP contribution in [-0.4, -0.2) is 37.5 Å². The monoisotopic (exact) mass is 267 g/mol. The molecule has 1 aromatic carbocycles. The Labute approximate surface area is 112 Å². The number of carbonyl (C=O) groups is 1. The summed E-state index contributed by atoms with van der Waals surface area (Å²) in [4.78, 5) is 14.2. The number of nitrogens with zero attached hydrogens (tertiary/aromatic N) is 1. The molecule has 1 aromatic rings. The van der Waals surface area contributed by atoms with E-state index >= 15 is 0 Å². The van der Waals surface area contributed by atoms with Gasteiger partial charge in [-0.2, -0.15) is 0 Å². The average Bonchev–Trinajstić information content (AvgIpc) is 2.72. The third-order valence-corrected chi connectivity index (χ3v) is 3.53. The van der Waals surface area contributed by atoms with Gasteiger partial charge in [0.1, 0.15) is 0 Å². The maximum Gasteiger partial charge on any atom is 0.253 e. The van der Waals surface area contributed by atoms with Crippen LogP contribution in [0.25, 0.3) is 0 Å². The quantitative estimate of drug-likeness (QED) is 0.818. The van der Waals surface area contributed by atoms with E-state index in [4.69, 9.17) is 17.3 Å². The van der Waals surface area contributed by atoms with Gasteiger partial charge in [-0.1, -0.05) is 11.6 Å². The summed E-state index contributed by atoms with van der Waals surface area (Å²) in [6.07, 6.45) is 1.13. The minimum Gasteiger partial charge on any atom is -0.398 e. The van der Waals surface area contributed by atoms with Gasteiger partial charge in [-0.15, -0.1) is 0 Å². The number of nitrogen functional groups attached to an aromatic ring is 1. The van der Waals surface area contributed by atoms with Gasteiger partial charge in [0.05, 0.1) is 5.56 Å². The summed E-state index contributed by atoms with van der Waals surface area (Å²) >= 11 is 5.80. The summed E-state index contributed by atoms with van der Waals surface area (Å²) in [5.41, 5.74) is 6.69. The van der Waals surface area contributed by atoms with Crippen molar-refractivity contribution in [3.63, 3.8) is 0 Å². The van der Waals surface area contributed by atoms with Gasteiger partial charge in [0.25, 0.3) is 5.91 Å². The zero-order valence-corrected chi connectivity index (χ0v) is 11.2. The smallest absolute Gasteiger partial charge is 0.253 e. The molecule has 1 atom stereocenters. The van der Waals surface area contributed by atoms with Crippen molar-refractivity contribution in [3.8, 4) is 0 Å². The largest absolute Gasteiger partial charge is 0.398 e. The molecule has 3 N–H and O–H groups in total. The lowest BCUT2D eigenvalue weighted by Crippen LogP contribution is -2.30. The van der Waals surface area contributed by atoms with E-state index in [1.165, 1.54) is 0 Å². The molecule has 0 aliphatic carbocycles. The van der Waals surface area contributed by atoms with Crippen molar-refractivity contribution in [2.45, 2.75) is 6.42 Å². The normalized spacial score (nSPS) is 20.0. The predicted molar refractivity (Wildman–Crippen MR) is 73.8 cm³/mol. The molecule has 0 aromatic heterocycles. The van der Waals surface area contributed by atoms with Crippen LogP contribution in [0, 0.1) is 5.92 Å². The second-order valence-electron chi connectivity index (χ2n) is 4.86. The molecule has 1 fully saturated rings. The van der Waals surface area contributed by atoms with Crippen molar-refractivity contribution in [1.82, 2.24) is 10.2 Å². The summed E-state index contributed by atoms with van der Waals surface area (Å²) in [6.45, 7) is 2.84. The van der Waals surface area contributed by atoms with Crippen LogP contribution in [0.15, 0.2) is 18.2 Å². The predicted octanol–water partition coefficient (Wildman–Crippen LogP) is 1.60. The van der Waals surface area contributed by atoms with Gasteiger partial charge in [0.15, 0.2) is 0 Å². The van der Waals surface area contributed by atoms with Crippen LogP contribution in [0.2, 0.25) is 5.02 Å². The number of hydrogen-bond acceptors (Lipinski definition) is 3. The van der Waals surface area contributed by atoms with Crippen molar-refractivity contribution >= 4 is 23.2 Å². The Hall–Kier alpha value is -1.26. The average molecular weight is 268 g/mol. The highest BCUT2D eigenvalue weighted by Gasteiger charge is 2.20. The van der Waals surface area contributed by atoms with Gasteiger partial charge in [-0.05, 0) is 44.1 Å². The fourth-order valence-corrected chi connectivity index (χ4v) is 2.45. The maximum atomic E-state index is 12.0. The number of anilines is 1. The molecule has 4 nitrogen and oxygen atoms in total. The third-order valence-electron chi connectivity index (χ3n) is 3.30. The Kier molecular flexibility index (Phi) is 4.09. The molecule has 0 saturated carbocycles. The lowest BCUT2D eigenvalue weighted by Gasteiger charge is -2.12. The zero-order valence-electron chi connectivity index (χ0n) is 10.4. The van der Waals surface area contributed by atoms with E-state index < -0.39 is 0 Å². The molecule has 1 saturated heterocycles. The van der Waals surface area contributed by atoms with Gasteiger partial charge >= 0.3 is 0 Å². The molecule has 18 heavy (non-hydrogen) atoms. The summed E-state index contributed by atoms with van der Waals surface area (Å²) in [5.74, 6) is 0.409. The molecule has 98 valence electrons. The van der Waals surface area contributed by atoms with E-state index in [0.29, 0.717) is 28.7 Å². The minimum absolute atomic E-state index is 0.126.